The first-order chi connectivity index (χ1) is 49.8. The van der Waals surface area contributed by atoms with E-state index < -0.39 is 11.7 Å². The van der Waals surface area contributed by atoms with Gasteiger partial charge in [-0.25, -0.2) is 44.3 Å². The molecule has 0 aliphatic carbocycles. The number of nitrogens with zero attached hydrogens (tertiary/aromatic N) is 18. The number of carbonyl (C=O) groups is 3. The number of nitrogens with two attached hydrogens (primary N) is 3. The number of halogens is 4. The van der Waals surface area contributed by atoms with Crippen LogP contribution in [0.4, 0.5) is 79.5 Å². The number of hydrogen-bond donors (Lipinski definition) is 3. The van der Waals surface area contributed by atoms with Crippen molar-refractivity contribution in [3.63, 3.8) is 0 Å². The first kappa shape index (κ1) is 68.8. The van der Waals surface area contributed by atoms with E-state index in [1.807, 2.05) is 158 Å². The maximum absolute atomic E-state index is 13.3. The fraction of sp³-hybridized carbons (Fsp3) is 0.189. The lowest BCUT2D eigenvalue weighted by molar-refractivity contribution is -0.137. The van der Waals surface area contributed by atoms with Crippen LogP contribution in [0.1, 0.15) is 26.3 Å². The van der Waals surface area contributed by atoms with E-state index in [0.717, 1.165) is 85.4 Å². The molecule has 0 spiro atoms. The van der Waals surface area contributed by atoms with E-state index in [-0.39, 0.29) is 35.9 Å². The third-order valence-corrected chi connectivity index (χ3v) is 17.7. The second kappa shape index (κ2) is 29.6. The average molecular weight is 1410 g/mol. The summed E-state index contributed by atoms with van der Waals surface area (Å²) >= 11 is 6.00. The molecular weight excluding hydrogens is 1340 g/mol. The Morgan fingerprint density at radius 3 is 1.01 bits per heavy atom. The van der Waals surface area contributed by atoms with E-state index in [9.17, 15) is 27.6 Å². The molecule has 3 fully saturated rings. The predicted octanol–water partition coefficient (Wildman–Crippen LogP) is 13.8. The SMILES string of the molecule is CCn1cc(-c2cccc(N3CCN(c4ccc(C(F)(F)F)cc4)C3=O)c2)c(-c2ccnc(N)n2)n1.CCn1cc(-c2cccc(N3CCN(c4ccc(Cl)cc4)C3=O)c2)c(-c2ccnc(N)n2)n1.CCn1cc(-c2cccc(N3CCN(c4ccc(OC)cc4)C3=O)c2)c(-c2ccnc(N)n2)n1. The lowest BCUT2D eigenvalue weighted by atomic mass is 10.0. The first-order valence-electron chi connectivity index (χ1n) is 33.0. The highest BCUT2D eigenvalue weighted by Crippen LogP contribution is 2.39. The molecule has 103 heavy (non-hydrogen) atoms. The van der Waals surface area contributed by atoms with Crippen LogP contribution in [-0.4, -0.2) is 124 Å². The lowest BCUT2D eigenvalue weighted by Crippen LogP contribution is -2.31. The topological polar surface area (TPSA) is 289 Å². The van der Waals surface area contributed by atoms with Crippen molar-refractivity contribution < 1.29 is 32.3 Å². The van der Waals surface area contributed by atoms with Crippen molar-refractivity contribution in [1.29, 1.82) is 0 Å². The zero-order valence-electron chi connectivity index (χ0n) is 56.3. The van der Waals surface area contributed by atoms with Crippen LogP contribution >= 0.6 is 11.6 Å². The number of anilines is 9. The number of hydrogen-bond acceptors (Lipinski definition) is 16. The molecule has 6 N–H and O–H groups in total. The van der Waals surface area contributed by atoms with Gasteiger partial charge in [-0.1, -0.05) is 48.0 Å². The van der Waals surface area contributed by atoms with Gasteiger partial charge in [0.05, 0.1) is 29.8 Å². The summed E-state index contributed by atoms with van der Waals surface area (Å²) in [6.07, 6.45) is 6.27. The highest BCUT2D eigenvalue weighted by molar-refractivity contribution is 6.30. The van der Waals surface area contributed by atoms with Gasteiger partial charge in [-0.3, -0.25) is 43.4 Å². The first-order valence-corrected chi connectivity index (χ1v) is 33.4. The Labute approximate surface area is 594 Å². The number of rotatable bonds is 16. The molecule has 6 aromatic heterocycles. The molecule has 3 saturated heterocycles. The van der Waals surface area contributed by atoms with E-state index in [1.165, 1.54) is 17.0 Å². The lowest BCUT2D eigenvalue weighted by Gasteiger charge is -2.20. The Kier molecular flexibility index (Phi) is 19.8. The van der Waals surface area contributed by atoms with Crippen LogP contribution < -0.4 is 51.3 Å². The Morgan fingerprint density at radius 1 is 0.417 bits per heavy atom. The molecule has 12 aromatic rings. The monoisotopic (exact) mass is 1410 g/mol. The molecule has 0 bridgehead atoms. The highest BCUT2D eigenvalue weighted by Gasteiger charge is 2.36. The minimum atomic E-state index is -4.43. The number of methoxy groups -OCH3 is 1. The minimum Gasteiger partial charge on any atom is -0.497 e. The zero-order chi connectivity index (χ0) is 72.1. The van der Waals surface area contributed by atoms with E-state index in [0.29, 0.717) is 98.1 Å². The normalized spacial score (nSPS) is 13.8. The number of nitrogen functional groups attached to an aromatic ring is 3. The molecule has 9 heterocycles. The molecule has 522 valence electrons. The van der Waals surface area contributed by atoms with Gasteiger partial charge in [0.1, 0.15) is 22.8 Å². The maximum Gasteiger partial charge on any atom is 0.416 e. The summed E-state index contributed by atoms with van der Waals surface area (Å²) < 4.78 is 49.5. The number of urea groups is 3. The molecular formula is C74H69ClF3N21O4. The molecule has 6 amide bonds. The second-order valence-corrected chi connectivity index (χ2v) is 24.2. The smallest absolute Gasteiger partial charge is 0.416 e. The van der Waals surface area contributed by atoms with Crippen molar-refractivity contribution in [2.45, 2.75) is 46.6 Å². The van der Waals surface area contributed by atoms with Crippen LogP contribution in [0.25, 0.3) is 67.5 Å². The Bertz CT molecular complexity index is 5070. The Hall–Kier alpha value is -12.7. The van der Waals surface area contributed by atoms with Crippen molar-refractivity contribution in [2.75, 3.05) is 93.0 Å². The van der Waals surface area contributed by atoms with Gasteiger partial charge in [-0.2, -0.15) is 28.5 Å². The van der Waals surface area contributed by atoms with E-state index in [2.05, 4.69) is 40.1 Å². The summed E-state index contributed by atoms with van der Waals surface area (Å²) in [6, 6.07) is 47.6. The van der Waals surface area contributed by atoms with E-state index in [4.69, 9.17) is 38.6 Å². The third kappa shape index (κ3) is 14.8. The molecule has 6 aromatic carbocycles. The Balaban J connectivity index is 0.000000138. The van der Waals surface area contributed by atoms with Gasteiger partial charge in [-0.15, -0.1) is 0 Å². The summed E-state index contributed by atoms with van der Waals surface area (Å²) in [5, 5.41) is 14.7. The average Bonchev–Trinajstić information content (AvgIpc) is 1.10. The van der Waals surface area contributed by atoms with Gasteiger partial charge in [0.2, 0.25) is 17.8 Å². The molecule has 0 atom stereocenters. The second-order valence-electron chi connectivity index (χ2n) is 23.8. The van der Waals surface area contributed by atoms with Crippen LogP contribution in [0, 0.1) is 0 Å². The zero-order valence-corrected chi connectivity index (χ0v) is 57.1. The van der Waals surface area contributed by atoms with Crippen molar-refractivity contribution >= 4 is 81.7 Å². The van der Waals surface area contributed by atoms with Crippen LogP contribution in [-0.2, 0) is 25.8 Å². The number of ether oxygens (including phenoxy) is 1. The quantitative estimate of drug-likeness (QED) is 0.0810. The van der Waals surface area contributed by atoms with E-state index >= 15 is 0 Å². The number of aryl methyl sites for hydroxylation is 3. The summed E-state index contributed by atoms with van der Waals surface area (Å²) in [5.74, 6) is 1.30. The summed E-state index contributed by atoms with van der Waals surface area (Å²) in [4.78, 5) is 74.7. The van der Waals surface area contributed by atoms with Crippen molar-refractivity contribution in [1.82, 2.24) is 59.2 Å². The summed E-state index contributed by atoms with van der Waals surface area (Å²) in [6.45, 7) is 11.3. The minimum absolute atomic E-state index is 0.0598. The van der Waals surface area contributed by atoms with Gasteiger partial charge in [0, 0.05) is 152 Å². The van der Waals surface area contributed by atoms with Crippen molar-refractivity contribution in [2.24, 2.45) is 0 Å². The van der Waals surface area contributed by atoms with Crippen LogP contribution in [0.15, 0.2) is 201 Å². The summed E-state index contributed by atoms with van der Waals surface area (Å²) in [7, 11) is 1.63. The number of amides is 6. The molecule has 3 aliphatic heterocycles. The standard InChI is InChI=1S/C25H22F3N7O.C25H25N7O2.C24H22ClN7O/c1-2-33-15-20(22(32-33)21-10-11-30-23(29)31-21)16-4-3-5-19(14-16)35-13-12-34(24(35)36)18-8-6-17(7-9-18)25(26,27)28;1-3-30-16-21(23(29-30)22-11-12-27-24(26)28-22)17-5-4-6-19(15-17)32-14-13-31(25(32)33)18-7-9-20(34-2)10-8-18;1-2-30-15-20(22(29-30)21-10-11-27-23(26)28-21)16-4-3-5-19(14-16)32-13-12-31(24(32)33)18-8-6-17(25)7-9-18/h3-11,14-15H,2,12-13H2,1H3,(H2,29,30,31);4-12,15-16H,3,13-14H2,1-2H3,(H2,26,27,28);3-11,14-15H,2,12-13H2,1H3,(H2,26,27,28). The van der Waals surface area contributed by atoms with Crippen LogP contribution in [0.3, 0.4) is 0 Å². The van der Waals surface area contributed by atoms with Gasteiger partial charge < -0.3 is 21.9 Å². The number of alkyl halides is 3. The Morgan fingerprint density at radius 2 is 0.718 bits per heavy atom. The largest absolute Gasteiger partial charge is 0.497 e. The molecule has 0 radical (unpaired) electrons. The maximum atomic E-state index is 13.3. The van der Waals surface area contributed by atoms with E-state index in [1.54, 1.807) is 85.2 Å². The number of benzene rings is 6. The van der Waals surface area contributed by atoms with Crippen LogP contribution in [0.2, 0.25) is 5.02 Å². The molecule has 15 rings (SSSR count). The van der Waals surface area contributed by atoms with Crippen molar-refractivity contribution in [3.05, 3.63) is 212 Å². The predicted molar refractivity (Wildman–Crippen MR) is 392 cm³/mol. The van der Waals surface area contributed by atoms with Gasteiger partial charge in [0.25, 0.3) is 0 Å². The molecule has 0 unspecified atom stereocenters. The van der Waals surface area contributed by atoms with Gasteiger partial charge >= 0.3 is 24.3 Å². The van der Waals surface area contributed by atoms with Gasteiger partial charge in [0.15, 0.2) is 0 Å². The summed E-state index contributed by atoms with van der Waals surface area (Å²) in [5.41, 5.74) is 30.4. The van der Waals surface area contributed by atoms with Gasteiger partial charge in [-0.05, 0) is 165 Å². The highest BCUT2D eigenvalue weighted by atomic mass is 35.5. The third-order valence-electron chi connectivity index (χ3n) is 17.5. The molecule has 25 nitrogen and oxygen atoms in total. The molecule has 0 saturated carbocycles. The number of aromatic nitrogens is 12. The fourth-order valence-corrected chi connectivity index (χ4v) is 12.4. The number of carbonyl (C=O) groups excluding carboxylic acids is 3. The van der Waals surface area contributed by atoms with Crippen LogP contribution in [0.5, 0.6) is 5.75 Å². The molecule has 29 heteroatoms. The fourth-order valence-electron chi connectivity index (χ4n) is 12.3. The van der Waals surface area contributed by atoms with Crippen molar-refractivity contribution in [3.8, 4) is 73.3 Å². The molecule has 3 aliphatic rings.